The summed E-state index contributed by atoms with van der Waals surface area (Å²) in [5, 5.41) is 8.41. The molecule has 2 aromatic carbocycles. The average molecular weight is 499 g/mol. The second kappa shape index (κ2) is 9.29. The number of halogens is 1. The number of methoxy groups -OCH3 is 3. The van der Waals surface area contributed by atoms with E-state index in [0.29, 0.717) is 29.0 Å². The Bertz CT molecular complexity index is 866. The number of nitrogens with one attached hydrogen (secondary N) is 1. The lowest BCUT2D eigenvalue weighted by atomic mass is 10.1. The van der Waals surface area contributed by atoms with Crippen molar-refractivity contribution in [3.63, 3.8) is 0 Å². The van der Waals surface area contributed by atoms with Crippen LogP contribution in [0, 0.1) is 0 Å². The topological polar surface area (TPSA) is 78.6 Å². The standard InChI is InChI=1S/C18H18IN3O4S/c1-23-13-9-12(10-14(24-2)16(13)25-3)15(22-27-19)18-21-20-17(26-18)11-7-5-4-6-8-11/h4-10,15,22H,1-3H3. The average Bonchev–Trinajstić information content (AvgIpc) is 3.21. The molecule has 0 aliphatic carbocycles. The van der Waals surface area contributed by atoms with E-state index in [1.165, 1.54) is 9.12 Å². The Balaban J connectivity index is 2.03. The van der Waals surface area contributed by atoms with Crippen LogP contribution in [0.25, 0.3) is 11.5 Å². The number of nitrogens with zero attached hydrogens (tertiary/aromatic N) is 2. The molecule has 142 valence electrons. The van der Waals surface area contributed by atoms with Gasteiger partial charge in [0.15, 0.2) is 11.5 Å². The van der Waals surface area contributed by atoms with Crippen molar-refractivity contribution in [1.82, 2.24) is 14.9 Å². The Kier molecular flexibility index (Phi) is 6.80. The fraction of sp³-hybridized carbons (Fsp3) is 0.222. The number of aromatic nitrogens is 2. The van der Waals surface area contributed by atoms with Crippen molar-refractivity contribution in [2.24, 2.45) is 0 Å². The largest absolute Gasteiger partial charge is 0.493 e. The molecule has 1 atom stereocenters. The molecular weight excluding hydrogens is 481 g/mol. The zero-order valence-electron chi connectivity index (χ0n) is 14.9. The summed E-state index contributed by atoms with van der Waals surface area (Å²) in [6, 6.07) is 13.0. The molecule has 0 saturated carbocycles. The van der Waals surface area contributed by atoms with Gasteiger partial charge in [0, 0.05) is 26.8 Å². The van der Waals surface area contributed by atoms with E-state index < -0.39 is 0 Å². The highest BCUT2D eigenvalue weighted by atomic mass is 127. The number of hydrogen-bond donors (Lipinski definition) is 1. The molecule has 3 rings (SSSR count). The van der Waals surface area contributed by atoms with Gasteiger partial charge in [0.05, 0.1) is 21.3 Å². The zero-order valence-corrected chi connectivity index (χ0v) is 17.9. The van der Waals surface area contributed by atoms with Gasteiger partial charge >= 0.3 is 0 Å². The molecule has 0 aliphatic heterocycles. The summed E-state index contributed by atoms with van der Waals surface area (Å²) < 4.78 is 25.5. The van der Waals surface area contributed by atoms with Gasteiger partial charge in [0.1, 0.15) is 6.04 Å². The molecule has 1 aromatic heterocycles. The van der Waals surface area contributed by atoms with Crippen LogP contribution in [0.2, 0.25) is 0 Å². The second-order valence-corrected chi connectivity index (χ2v) is 7.11. The van der Waals surface area contributed by atoms with Crippen LogP contribution in [0.1, 0.15) is 17.5 Å². The summed E-state index contributed by atoms with van der Waals surface area (Å²) in [5.74, 6) is 2.54. The summed E-state index contributed by atoms with van der Waals surface area (Å²) in [7, 11) is 6.15. The predicted octanol–water partition coefficient (Wildman–Crippen LogP) is 4.44. The molecule has 0 spiro atoms. The van der Waals surface area contributed by atoms with Crippen LogP contribution in [0.4, 0.5) is 0 Å². The number of hydrogen-bond acceptors (Lipinski definition) is 8. The summed E-state index contributed by atoms with van der Waals surface area (Å²) in [6.07, 6.45) is 0. The third-order valence-electron chi connectivity index (χ3n) is 3.89. The van der Waals surface area contributed by atoms with Gasteiger partial charge in [-0.1, -0.05) is 18.2 Å². The van der Waals surface area contributed by atoms with E-state index in [4.69, 9.17) is 18.6 Å². The Morgan fingerprint density at radius 1 is 1.00 bits per heavy atom. The van der Waals surface area contributed by atoms with Crippen LogP contribution in [-0.2, 0) is 0 Å². The van der Waals surface area contributed by atoms with E-state index in [2.05, 4.69) is 36.1 Å². The smallest absolute Gasteiger partial charge is 0.247 e. The first-order chi connectivity index (χ1) is 13.2. The maximum atomic E-state index is 5.93. The van der Waals surface area contributed by atoms with Crippen molar-refractivity contribution in [1.29, 1.82) is 0 Å². The molecule has 0 bridgehead atoms. The van der Waals surface area contributed by atoms with Gasteiger partial charge in [-0.3, -0.25) is 0 Å². The molecular formula is C18H18IN3O4S. The summed E-state index contributed by atoms with van der Waals surface area (Å²) >= 11 is 2.15. The molecule has 0 amide bonds. The summed E-state index contributed by atoms with van der Waals surface area (Å²) in [5.41, 5.74) is 1.71. The van der Waals surface area contributed by atoms with Crippen LogP contribution >= 0.6 is 30.3 Å². The van der Waals surface area contributed by atoms with Crippen LogP contribution in [0.15, 0.2) is 46.9 Å². The third kappa shape index (κ3) is 4.30. The van der Waals surface area contributed by atoms with Crippen molar-refractivity contribution >= 4 is 30.3 Å². The first-order valence-corrected chi connectivity index (χ1v) is 11.3. The van der Waals surface area contributed by atoms with Crippen molar-refractivity contribution < 1.29 is 18.6 Å². The van der Waals surface area contributed by atoms with Crippen molar-refractivity contribution in [3.05, 3.63) is 53.9 Å². The van der Waals surface area contributed by atoms with Gasteiger partial charge in [-0.2, -0.15) is 0 Å². The quantitative estimate of drug-likeness (QED) is 0.360. The molecule has 0 aliphatic rings. The van der Waals surface area contributed by atoms with Gasteiger partial charge in [-0.05, 0) is 38.9 Å². The van der Waals surface area contributed by atoms with Gasteiger partial charge in [0.2, 0.25) is 17.5 Å². The molecule has 0 radical (unpaired) electrons. The van der Waals surface area contributed by atoms with Crippen molar-refractivity contribution in [2.75, 3.05) is 21.3 Å². The number of benzene rings is 2. The molecule has 0 fully saturated rings. The molecule has 9 heteroatoms. The monoisotopic (exact) mass is 499 g/mol. The number of ether oxygens (including phenoxy) is 3. The zero-order chi connectivity index (χ0) is 19.2. The Morgan fingerprint density at radius 2 is 1.67 bits per heavy atom. The molecule has 1 unspecified atom stereocenters. The summed E-state index contributed by atoms with van der Waals surface area (Å²) in [6.45, 7) is 0. The maximum absolute atomic E-state index is 5.93. The maximum Gasteiger partial charge on any atom is 0.247 e. The van der Waals surface area contributed by atoms with E-state index in [-0.39, 0.29) is 6.04 Å². The second-order valence-electron chi connectivity index (χ2n) is 5.40. The van der Waals surface area contributed by atoms with E-state index in [0.717, 1.165) is 11.1 Å². The first-order valence-electron chi connectivity index (χ1n) is 7.93. The fourth-order valence-corrected chi connectivity index (χ4v) is 3.71. The highest BCUT2D eigenvalue weighted by Crippen LogP contribution is 2.41. The van der Waals surface area contributed by atoms with Gasteiger partial charge in [0.25, 0.3) is 0 Å². The van der Waals surface area contributed by atoms with Gasteiger partial charge in [-0.25, -0.2) is 4.72 Å². The van der Waals surface area contributed by atoms with Crippen LogP contribution in [0.5, 0.6) is 17.2 Å². The summed E-state index contributed by atoms with van der Waals surface area (Å²) in [4.78, 5) is 0. The van der Waals surface area contributed by atoms with E-state index in [1.807, 2.05) is 42.5 Å². The minimum absolute atomic E-state index is 0.356. The highest BCUT2D eigenvalue weighted by molar-refractivity contribution is 14.2. The third-order valence-corrected chi connectivity index (χ3v) is 4.98. The Morgan fingerprint density at radius 3 is 2.22 bits per heavy atom. The molecule has 1 N–H and O–H groups in total. The first kappa shape index (κ1) is 19.8. The van der Waals surface area contributed by atoms with Crippen molar-refractivity contribution in [3.8, 4) is 28.7 Å². The predicted molar refractivity (Wildman–Crippen MR) is 112 cm³/mol. The fourth-order valence-electron chi connectivity index (χ4n) is 2.62. The SMILES string of the molecule is COc1cc(C(NSI)c2nnc(-c3ccccc3)o2)cc(OC)c1OC. The molecule has 7 nitrogen and oxygen atoms in total. The van der Waals surface area contributed by atoms with Crippen LogP contribution in [-0.4, -0.2) is 31.5 Å². The molecule has 3 aromatic rings. The van der Waals surface area contributed by atoms with E-state index in [9.17, 15) is 0 Å². The Labute approximate surface area is 173 Å². The number of rotatable bonds is 8. The van der Waals surface area contributed by atoms with Crippen molar-refractivity contribution in [2.45, 2.75) is 6.04 Å². The van der Waals surface area contributed by atoms with Gasteiger partial charge in [-0.15, -0.1) is 10.2 Å². The highest BCUT2D eigenvalue weighted by Gasteiger charge is 2.25. The lowest BCUT2D eigenvalue weighted by Crippen LogP contribution is -2.15. The Hall–Kier alpha value is -1.98. The molecule has 27 heavy (non-hydrogen) atoms. The van der Waals surface area contributed by atoms with E-state index >= 15 is 0 Å². The molecule has 0 saturated heterocycles. The van der Waals surface area contributed by atoms with Crippen LogP contribution < -0.4 is 18.9 Å². The van der Waals surface area contributed by atoms with Gasteiger partial charge < -0.3 is 18.6 Å². The lowest BCUT2D eigenvalue weighted by molar-refractivity contribution is 0.323. The minimum atomic E-state index is -0.356. The minimum Gasteiger partial charge on any atom is -0.493 e. The molecule has 1 heterocycles. The van der Waals surface area contributed by atoms with E-state index in [1.54, 1.807) is 21.3 Å². The normalized spacial score (nSPS) is 11.9. The lowest BCUT2D eigenvalue weighted by Gasteiger charge is -2.18. The van der Waals surface area contributed by atoms with Crippen LogP contribution in [0.3, 0.4) is 0 Å².